The molecule has 0 amide bonds. The number of unbranched alkanes of at least 4 members (excludes halogenated alkanes) is 12. The van der Waals surface area contributed by atoms with Crippen LogP contribution in [0.15, 0.2) is 24.3 Å². The Labute approximate surface area is 193 Å². The number of benzene rings is 1. The van der Waals surface area contributed by atoms with Crippen molar-refractivity contribution in [3.8, 4) is 11.5 Å². The molecule has 0 fully saturated rings. The average molecular weight is 451 g/mol. The second-order valence-corrected chi connectivity index (χ2v) is 8.38. The molecule has 0 spiro atoms. The van der Waals surface area contributed by atoms with Gasteiger partial charge in [0.05, 0.1) is 13.2 Å². The Balaban J connectivity index is 1.92. The van der Waals surface area contributed by atoms with Crippen molar-refractivity contribution < 1.29 is 29.3 Å². The van der Waals surface area contributed by atoms with E-state index in [-0.39, 0.29) is 6.42 Å². The number of hydrogen-bond acceptors (Lipinski definition) is 4. The topological polar surface area (TPSA) is 93.1 Å². The van der Waals surface area contributed by atoms with Crippen LogP contribution < -0.4 is 9.47 Å². The first-order chi connectivity index (χ1) is 15.6. The molecule has 0 aliphatic heterocycles. The normalized spacial score (nSPS) is 10.8. The molecule has 1 aromatic rings. The van der Waals surface area contributed by atoms with Crippen molar-refractivity contribution in [2.24, 2.45) is 0 Å². The number of carbonyl (C=O) groups is 2. The molecule has 0 saturated carbocycles. The van der Waals surface area contributed by atoms with Gasteiger partial charge in [-0.1, -0.05) is 82.8 Å². The van der Waals surface area contributed by atoms with Crippen molar-refractivity contribution in [2.45, 2.75) is 103 Å². The van der Waals surface area contributed by atoms with E-state index in [2.05, 4.69) is 0 Å². The lowest BCUT2D eigenvalue weighted by atomic mass is 10.0. The highest BCUT2D eigenvalue weighted by Gasteiger charge is 2.05. The molecule has 6 nitrogen and oxygen atoms in total. The van der Waals surface area contributed by atoms with Gasteiger partial charge in [-0.25, -0.2) is 0 Å². The lowest BCUT2D eigenvalue weighted by Crippen LogP contribution is -2.04. The number of carboxylic acid groups (broad SMARTS) is 2. The highest BCUT2D eigenvalue weighted by atomic mass is 16.5. The molecular formula is C26H42O6. The fourth-order valence-electron chi connectivity index (χ4n) is 3.60. The van der Waals surface area contributed by atoms with Gasteiger partial charge >= 0.3 is 11.9 Å². The molecule has 0 saturated heterocycles. The lowest BCUT2D eigenvalue weighted by Gasteiger charge is -2.12. The Kier molecular flexibility index (Phi) is 16.9. The SMILES string of the molecule is O=C(O)CCCCCCCCCCCCCCCOc1ccccc1OCCCC(=O)O. The molecule has 6 heteroatoms. The molecule has 0 radical (unpaired) electrons. The zero-order valence-electron chi connectivity index (χ0n) is 19.6. The van der Waals surface area contributed by atoms with Crippen LogP contribution in [0.2, 0.25) is 0 Å². The van der Waals surface area contributed by atoms with Crippen LogP contribution >= 0.6 is 0 Å². The third-order valence-corrected chi connectivity index (χ3v) is 5.43. The quantitative estimate of drug-likeness (QED) is 0.188. The van der Waals surface area contributed by atoms with Crippen LogP contribution in [-0.2, 0) is 9.59 Å². The van der Waals surface area contributed by atoms with Crippen LogP contribution in [0.25, 0.3) is 0 Å². The van der Waals surface area contributed by atoms with Gasteiger partial charge < -0.3 is 19.7 Å². The van der Waals surface area contributed by atoms with Crippen molar-refractivity contribution in [3.05, 3.63) is 24.3 Å². The summed E-state index contributed by atoms with van der Waals surface area (Å²) in [7, 11) is 0. The summed E-state index contributed by atoms with van der Waals surface area (Å²) in [5.74, 6) is -0.0816. The van der Waals surface area contributed by atoms with Crippen LogP contribution in [0.3, 0.4) is 0 Å². The van der Waals surface area contributed by atoms with Gasteiger partial charge in [-0.2, -0.15) is 0 Å². The maximum absolute atomic E-state index is 10.6. The zero-order chi connectivity index (χ0) is 23.3. The number of carboxylic acids is 2. The smallest absolute Gasteiger partial charge is 0.303 e. The van der Waals surface area contributed by atoms with Gasteiger partial charge in [-0.15, -0.1) is 0 Å². The molecule has 1 rings (SSSR count). The summed E-state index contributed by atoms with van der Waals surface area (Å²) < 4.78 is 11.5. The number of ether oxygens (including phenoxy) is 2. The highest BCUT2D eigenvalue weighted by Crippen LogP contribution is 2.27. The van der Waals surface area contributed by atoms with Crippen molar-refractivity contribution in [2.75, 3.05) is 13.2 Å². The van der Waals surface area contributed by atoms with Crippen molar-refractivity contribution in [1.82, 2.24) is 0 Å². The van der Waals surface area contributed by atoms with Crippen molar-refractivity contribution in [3.63, 3.8) is 0 Å². The highest BCUT2D eigenvalue weighted by molar-refractivity contribution is 5.66. The molecule has 0 unspecified atom stereocenters. The summed E-state index contributed by atoms with van der Waals surface area (Å²) in [6, 6.07) is 7.55. The van der Waals surface area contributed by atoms with Gasteiger partial charge in [-0.05, 0) is 31.4 Å². The molecule has 0 aromatic heterocycles. The predicted octanol–water partition coefficient (Wildman–Crippen LogP) is 6.86. The molecular weight excluding hydrogens is 408 g/mol. The molecule has 182 valence electrons. The van der Waals surface area contributed by atoms with Crippen LogP contribution in [0.4, 0.5) is 0 Å². The van der Waals surface area contributed by atoms with E-state index >= 15 is 0 Å². The van der Waals surface area contributed by atoms with E-state index in [0.29, 0.717) is 31.8 Å². The van der Waals surface area contributed by atoms with Crippen LogP contribution in [0, 0.1) is 0 Å². The first-order valence-electron chi connectivity index (χ1n) is 12.4. The molecule has 32 heavy (non-hydrogen) atoms. The van der Waals surface area contributed by atoms with Gasteiger partial charge in [0.1, 0.15) is 0 Å². The van der Waals surface area contributed by atoms with E-state index in [0.717, 1.165) is 37.9 Å². The molecule has 0 aliphatic rings. The fourth-order valence-corrected chi connectivity index (χ4v) is 3.60. The average Bonchev–Trinajstić information content (AvgIpc) is 2.77. The van der Waals surface area contributed by atoms with Crippen LogP contribution in [-0.4, -0.2) is 35.4 Å². The Morgan fingerprint density at radius 1 is 0.531 bits per heavy atom. The summed E-state index contributed by atoms with van der Waals surface area (Å²) in [5.41, 5.74) is 0. The van der Waals surface area contributed by atoms with Crippen molar-refractivity contribution in [1.29, 1.82) is 0 Å². The Morgan fingerprint density at radius 2 is 0.875 bits per heavy atom. The molecule has 0 atom stereocenters. The standard InChI is InChI=1S/C26H42O6/c27-25(28)19-12-10-8-6-4-2-1-3-5-7-9-11-15-21-31-23-17-13-14-18-24(23)32-22-16-20-26(29)30/h13-14,17-18H,1-12,15-16,19-22H2,(H,27,28)(H,29,30). The van der Waals surface area contributed by atoms with E-state index in [1.54, 1.807) is 0 Å². The minimum absolute atomic E-state index is 0.110. The number of rotatable bonds is 22. The minimum atomic E-state index is -0.806. The van der Waals surface area contributed by atoms with E-state index in [1.165, 1.54) is 51.4 Å². The van der Waals surface area contributed by atoms with Gasteiger partial charge in [0.15, 0.2) is 11.5 Å². The van der Waals surface area contributed by atoms with Crippen LogP contribution in [0.5, 0.6) is 11.5 Å². The number of aliphatic carboxylic acids is 2. The summed E-state index contributed by atoms with van der Waals surface area (Å²) >= 11 is 0. The minimum Gasteiger partial charge on any atom is -0.490 e. The van der Waals surface area contributed by atoms with Gasteiger partial charge in [0.2, 0.25) is 0 Å². The number of para-hydroxylation sites is 2. The molecule has 1 aromatic carbocycles. The summed E-state index contributed by atoms with van der Waals surface area (Å²) in [6.07, 6.45) is 16.3. The second-order valence-electron chi connectivity index (χ2n) is 8.38. The van der Waals surface area contributed by atoms with E-state index in [9.17, 15) is 9.59 Å². The van der Waals surface area contributed by atoms with Crippen LogP contribution in [0.1, 0.15) is 103 Å². The van der Waals surface area contributed by atoms with Crippen molar-refractivity contribution >= 4 is 11.9 Å². The van der Waals surface area contributed by atoms with Gasteiger partial charge in [-0.3, -0.25) is 9.59 Å². The zero-order valence-corrected chi connectivity index (χ0v) is 19.6. The maximum Gasteiger partial charge on any atom is 0.303 e. The maximum atomic E-state index is 10.6. The fraction of sp³-hybridized carbons (Fsp3) is 0.692. The Hall–Kier alpha value is -2.24. The Bertz CT molecular complexity index is 616. The first-order valence-corrected chi connectivity index (χ1v) is 12.4. The van der Waals surface area contributed by atoms with E-state index < -0.39 is 11.9 Å². The Morgan fingerprint density at radius 3 is 1.31 bits per heavy atom. The third kappa shape index (κ3) is 16.5. The number of hydrogen-bond donors (Lipinski definition) is 2. The van der Waals surface area contributed by atoms with Gasteiger partial charge in [0, 0.05) is 12.8 Å². The molecule has 0 heterocycles. The molecule has 2 N–H and O–H groups in total. The van der Waals surface area contributed by atoms with E-state index in [4.69, 9.17) is 19.7 Å². The predicted molar refractivity (Wildman–Crippen MR) is 127 cm³/mol. The monoisotopic (exact) mass is 450 g/mol. The first kappa shape index (κ1) is 27.8. The summed E-state index contributed by atoms with van der Waals surface area (Å²) in [5, 5.41) is 17.3. The molecule has 0 bridgehead atoms. The van der Waals surface area contributed by atoms with E-state index in [1.807, 2.05) is 24.3 Å². The van der Waals surface area contributed by atoms with Gasteiger partial charge in [0.25, 0.3) is 0 Å². The third-order valence-electron chi connectivity index (χ3n) is 5.43. The molecule has 0 aliphatic carbocycles. The summed E-state index contributed by atoms with van der Waals surface area (Å²) in [4.78, 5) is 21.0. The lowest BCUT2D eigenvalue weighted by molar-refractivity contribution is -0.138. The second kappa shape index (κ2) is 19.4. The summed E-state index contributed by atoms with van der Waals surface area (Å²) in [6.45, 7) is 1.04. The largest absolute Gasteiger partial charge is 0.490 e.